The fourth-order valence-corrected chi connectivity index (χ4v) is 1.71. The normalized spacial score (nSPS) is 10.2. The van der Waals surface area contributed by atoms with Gasteiger partial charge in [-0.25, -0.2) is 4.79 Å². The largest absolute Gasteiger partial charge is 0.478 e. The third-order valence-corrected chi connectivity index (χ3v) is 2.88. The molecule has 0 saturated carbocycles. The lowest BCUT2D eigenvalue weighted by Crippen LogP contribution is -1.95. The zero-order valence-electron chi connectivity index (χ0n) is 11.0. The van der Waals surface area contributed by atoms with Gasteiger partial charge < -0.3 is 5.11 Å². The molecule has 102 valence electrons. The molecule has 0 saturated heterocycles. The highest BCUT2D eigenvalue weighted by atomic mass is 16.4. The molecule has 0 heterocycles. The lowest BCUT2D eigenvalue weighted by atomic mass is 10.1. The maximum Gasteiger partial charge on any atom is 0.335 e. The topological polar surface area (TPSA) is 78.2 Å². The second-order valence-electron chi connectivity index (χ2n) is 4.31. The molecule has 1 N–H and O–H groups in total. The first kappa shape index (κ1) is 14.2. The molecule has 0 amide bonds. The molecule has 0 aliphatic rings. The van der Waals surface area contributed by atoms with Crippen molar-refractivity contribution in [1.82, 2.24) is 0 Å². The minimum Gasteiger partial charge on any atom is -0.478 e. The third-order valence-electron chi connectivity index (χ3n) is 2.88. The molecule has 0 atom stereocenters. The average Bonchev–Trinajstić information content (AvgIpc) is 2.53. The molecular formula is C17H11NO3. The number of hydrogen-bond donors (Lipinski definition) is 1. The van der Waals surface area contributed by atoms with E-state index < -0.39 is 5.97 Å². The highest BCUT2D eigenvalue weighted by Crippen LogP contribution is 2.09. The fraction of sp³-hybridized carbons (Fsp3) is 0. The molecule has 21 heavy (non-hydrogen) atoms. The molecule has 2 aromatic rings. The van der Waals surface area contributed by atoms with Crippen molar-refractivity contribution in [3.8, 4) is 6.07 Å². The molecule has 2 aromatic carbocycles. The Balaban J connectivity index is 2.10. The molecule has 2 rings (SSSR count). The van der Waals surface area contributed by atoms with Gasteiger partial charge in [-0.2, -0.15) is 5.26 Å². The fourth-order valence-electron chi connectivity index (χ4n) is 1.71. The van der Waals surface area contributed by atoms with Crippen LogP contribution in [-0.4, -0.2) is 16.9 Å². The number of carbonyl (C=O) groups is 2. The number of carboxylic acid groups (broad SMARTS) is 1. The van der Waals surface area contributed by atoms with E-state index in [1.807, 2.05) is 6.07 Å². The standard InChI is InChI=1S/C17H11NO3/c18-11-13-3-6-14(7-4-13)16(19)10-5-12-1-8-15(9-2-12)17(20)21/h1-10H,(H,20,21). The summed E-state index contributed by atoms with van der Waals surface area (Å²) in [4.78, 5) is 22.6. The Morgan fingerprint density at radius 3 is 2.05 bits per heavy atom. The van der Waals surface area contributed by atoms with Crippen molar-refractivity contribution < 1.29 is 14.7 Å². The maximum absolute atomic E-state index is 11.9. The quantitative estimate of drug-likeness (QED) is 0.687. The molecule has 0 bridgehead atoms. The SMILES string of the molecule is N#Cc1ccc(C(=O)C=Cc2ccc(C(=O)O)cc2)cc1. The smallest absolute Gasteiger partial charge is 0.335 e. The van der Waals surface area contributed by atoms with E-state index in [4.69, 9.17) is 10.4 Å². The molecule has 0 aliphatic carbocycles. The van der Waals surface area contributed by atoms with Gasteiger partial charge >= 0.3 is 5.97 Å². The Morgan fingerprint density at radius 1 is 0.952 bits per heavy atom. The number of carbonyl (C=O) groups excluding carboxylic acids is 1. The summed E-state index contributed by atoms with van der Waals surface area (Å²) in [6.45, 7) is 0. The second kappa shape index (κ2) is 6.31. The molecule has 0 radical (unpaired) electrons. The van der Waals surface area contributed by atoms with Crippen LogP contribution in [0.1, 0.15) is 31.8 Å². The van der Waals surface area contributed by atoms with Crippen molar-refractivity contribution in [2.75, 3.05) is 0 Å². The summed E-state index contributed by atoms with van der Waals surface area (Å²) in [5.41, 5.74) is 1.93. The number of allylic oxidation sites excluding steroid dienone is 1. The highest BCUT2D eigenvalue weighted by Gasteiger charge is 2.03. The van der Waals surface area contributed by atoms with Gasteiger partial charge in [0.1, 0.15) is 0 Å². The number of rotatable bonds is 4. The van der Waals surface area contributed by atoms with Crippen LogP contribution in [0.2, 0.25) is 0 Å². The molecule has 0 unspecified atom stereocenters. The Kier molecular flexibility index (Phi) is 4.27. The van der Waals surface area contributed by atoms with Crippen molar-refractivity contribution in [2.24, 2.45) is 0 Å². The van der Waals surface area contributed by atoms with Gasteiger partial charge in [0.25, 0.3) is 0 Å². The summed E-state index contributed by atoms with van der Waals surface area (Å²) >= 11 is 0. The number of aromatic carboxylic acids is 1. The van der Waals surface area contributed by atoms with Crippen LogP contribution >= 0.6 is 0 Å². The molecule has 0 fully saturated rings. The van der Waals surface area contributed by atoms with Crippen molar-refractivity contribution in [2.45, 2.75) is 0 Å². The van der Waals surface area contributed by atoms with Gasteiger partial charge in [-0.1, -0.05) is 18.2 Å². The van der Waals surface area contributed by atoms with E-state index in [0.29, 0.717) is 11.1 Å². The molecule has 0 aliphatic heterocycles. The first-order chi connectivity index (χ1) is 10.1. The number of ketones is 1. The summed E-state index contributed by atoms with van der Waals surface area (Å²) in [6, 6.07) is 14.6. The van der Waals surface area contributed by atoms with Crippen LogP contribution in [0.25, 0.3) is 6.08 Å². The van der Waals surface area contributed by atoms with Crippen LogP contribution < -0.4 is 0 Å². The van der Waals surface area contributed by atoms with Crippen molar-refractivity contribution >= 4 is 17.8 Å². The van der Waals surface area contributed by atoms with Crippen LogP contribution in [0, 0.1) is 11.3 Å². The molecule has 0 aromatic heterocycles. The maximum atomic E-state index is 11.9. The zero-order chi connectivity index (χ0) is 15.2. The first-order valence-electron chi connectivity index (χ1n) is 6.16. The minimum absolute atomic E-state index is 0.179. The van der Waals surface area contributed by atoms with Gasteiger partial charge in [-0.05, 0) is 48.0 Å². The predicted octanol–water partition coefficient (Wildman–Crippen LogP) is 3.15. The average molecular weight is 277 g/mol. The molecule has 0 spiro atoms. The predicted molar refractivity (Wildman–Crippen MR) is 77.9 cm³/mol. The minimum atomic E-state index is -0.987. The van der Waals surface area contributed by atoms with Crippen LogP contribution in [0.5, 0.6) is 0 Å². The summed E-state index contributed by atoms with van der Waals surface area (Å²) in [5, 5.41) is 17.5. The Morgan fingerprint density at radius 2 is 1.52 bits per heavy atom. The van der Waals surface area contributed by atoms with E-state index in [1.54, 1.807) is 42.5 Å². The summed E-state index contributed by atoms with van der Waals surface area (Å²) < 4.78 is 0. The summed E-state index contributed by atoms with van der Waals surface area (Å²) in [7, 11) is 0. The van der Waals surface area contributed by atoms with Crippen LogP contribution in [0.4, 0.5) is 0 Å². The van der Waals surface area contributed by atoms with Crippen LogP contribution in [-0.2, 0) is 0 Å². The Labute approximate surface area is 121 Å². The van der Waals surface area contributed by atoms with E-state index in [9.17, 15) is 9.59 Å². The van der Waals surface area contributed by atoms with Crippen LogP contribution in [0.3, 0.4) is 0 Å². The first-order valence-corrected chi connectivity index (χ1v) is 6.16. The number of carboxylic acids is 1. The van der Waals surface area contributed by atoms with Gasteiger partial charge in [-0.15, -0.1) is 0 Å². The summed E-state index contributed by atoms with van der Waals surface area (Å²) in [5.74, 6) is -1.17. The lowest BCUT2D eigenvalue weighted by Gasteiger charge is -1.97. The Hall–Kier alpha value is -3.19. The lowest BCUT2D eigenvalue weighted by molar-refractivity contribution is 0.0696. The van der Waals surface area contributed by atoms with Gasteiger partial charge in [0, 0.05) is 5.56 Å². The van der Waals surface area contributed by atoms with E-state index in [0.717, 1.165) is 5.56 Å². The highest BCUT2D eigenvalue weighted by molar-refractivity contribution is 6.06. The number of nitrogens with zero attached hydrogens (tertiary/aromatic N) is 1. The van der Waals surface area contributed by atoms with Gasteiger partial charge in [-0.3, -0.25) is 4.79 Å². The van der Waals surface area contributed by atoms with E-state index in [2.05, 4.69) is 0 Å². The van der Waals surface area contributed by atoms with E-state index >= 15 is 0 Å². The van der Waals surface area contributed by atoms with Crippen molar-refractivity contribution in [1.29, 1.82) is 5.26 Å². The van der Waals surface area contributed by atoms with E-state index in [-0.39, 0.29) is 11.3 Å². The molecule has 4 heteroatoms. The van der Waals surface area contributed by atoms with Crippen LogP contribution in [0.15, 0.2) is 54.6 Å². The molecular weight excluding hydrogens is 266 g/mol. The third kappa shape index (κ3) is 3.64. The van der Waals surface area contributed by atoms with Gasteiger partial charge in [0.15, 0.2) is 5.78 Å². The zero-order valence-corrected chi connectivity index (χ0v) is 11.0. The van der Waals surface area contributed by atoms with Crippen molar-refractivity contribution in [3.05, 3.63) is 76.9 Å². The van der Waals surface area contributed by atoms with Crippen molar-refractivity contribution in [3.63, 3.8) is 0 Å². The number of nitriles is 1. The Bertz CT molecular complexity index is 735. The molecule has 4 nitrogen and oxygen atoms in total. The van der Waals surface area contributed by atoms with E-state index in [1.165, 1.54) is 18.2 Å². The second-order valence-corrected chi connectivity index (χ2v) is 4.31. The monoisotopic (exact) mass is 277 g/mol. The summed E-state index contributed by atoms with van der Waals surface area (Å²) in [6.07, 6.45) is 3.03. The number of benzene rings is 2. The van der Waals surface area contributed by atoms with Gasteiger partial charge in [0.2, 0.25) is 0 Å². The number of hydrogen-bond acceptors (Lipinski definition) is 3. The van der Waals surface area contributed by atoms with Gasteiger partial charge in [0.05, 0.1) is 17.2 Å².